The summed E-state index contributed by atoms with van der Waals surface area (Å²) < 4.78 is 7.00. The number of nitrogens with zero attached hydrogens (tertiary/aromatic N) is 2. The topological polar surface area (TPSA) is 53.1 Å². The number of hydrogen-bond donors (Lipinski definition) is 1. The van der Waals surface area contributed by atoms with Gasteiger partial charge in [-0.2, -0.15) is 5.10 Å². The minimum absolute atomic E-state index is 0.319. The highest BCUT2D eigenvalue weighted by Gasteiger charge is 2.13. The number of thiocarbonyl (C=S) groups is 1. The number of methoxy groups -OCH3 is 1. The van der Waals surface area contributed by atoms with E-state index in [2.05, 4.69) is 5.10 Å². The Labute approximate surface area is 115 Å². The van der Waals surface area contributed by atoms with E-state index in [1.54, 1.807) is 36.2 Å². The second-order valence-electron chi connectivity index (χ2n) is 3.74. The smallest absolute Gasteiger partial charge is 0.144 e. The van der Waals surface area contributed by atoms with Crippen LogP contribution in [0.15, 0.2) is 24.4 Å². The molecule has 18 heavy (non-hydrogen) atoms. The van der Waals surface area contributed by atoms with E-state index in [0.29, 0.717) is 15.8 Å². The summed E-state index contributed by atoms with van der Waals surface area (Å²) in [4.78, 5) is 0.319. The second kappa shape index (κ2) is 4.96. The minimum Gasteiger partial charge on any atom is -0.494 e. The Balaban J connectivity index is 2.61. The molecule has 2 aromatic rings. The molecule has 0 radical (unpaired) electrons. The Morgan fingerprint density at radius 2 is 2.22 bits per heavy atom. The Kier molecular flexibility index (Phi) is 3.54. The summed E-state index contributed by atoms with van der Waals surface area (Å²) in [6, 6.07) is 5.33. The standard InChI is InChI=1S/C12H12ClN3OS/c1-7-9(12(14)18)6-15-16(7)10-5-8(13)3-4-11(10)17-2/h3-6H,1-2H3,(H2,14,18). The number of halogens is 1. The molecule has 0 aliphatic carbocycles. The molecule has 1 heterocycles. The predicted octanol–water partition coefficient (Wildman–Crippen LogP) is 2.48. The van der Waals surface area contributed by atoms with Crippen LogP contribution in [-0.4, -0.2) is 21.9 Å². The molecule has 2 rings (SSSR count). The van der Waals surface area contributed by atoms with Crippen molar-refractivity contribution in [1.82, 2.24) is 9.78 Å². The molecule has 0 atom stereocenters. The molecular formula is C12H12ClN3OS. The Hall–Kier alpha value is -1.59. The molecule has 1 aromatic carbocycles. The lowest BCUT2D eigenvalue weighted by atomic mass is 10.2. The summed E-state index contributed by atoms with van der Waals surface area (Å²) in [5.41, 5.74) is 7.97. The summed E-state index contributed by atoms with van der Waals surface area (Å²) in [7, 11) is 1.60. The van der Waals surface area contributed by atoms with Crippen molar-refractivity contribution in [2.24, 2.45) is 5.73 Å². The largest absolute Gasteiger partial charge is 0.494 e. The molecule has 1 aromatic heterocycles. The highest BCUT2D eigenvalue weighted by Crippen LogP contribution is 2.27. The van der Waals surface area contributed by atoms with Crippen molar-refractivity contribution in [2.45, 2.75) is 6.92 Å². The molecule has 0 fully saturated rings. The van der Waals surface area contributed by atoms with Gasteiger partial charge >= 0.3 is 0 Å². The van der Waals surface area contributed by atoms with Gasteiger partial charge in [-0.3, -0.25) is 0 Å². The van der Waals surface area contributed by atoms with Crippen LogP contribution in [0.25, 0.3) is 5.69 Å². The lowest BCUT2D eigenvalue weighted by Gasteiger charge is -2.10. The van der Waals surface area contributed by atoms with Gasteiger partial charge < -0.3 is 10.5 Å². The minimum atomic E-state index is 0.319. The third kappa shape index (κ3) is 2.19. The molecule has 0 amide bonds. The number of rotatable bonds is 3. The van der Waals surface area contributed by atoms with Gasteiger partial charge in [0.2, 0.25) is 0 Å². The summed E-state index contributed by atoms with van der Waals surface area (Å²) in [6.07, 6.45) is 1.64. The van der Waals surface area contributed by atoms with Crippen LogP contribution >= 0.6 is 23.8 Å². The molecule has 94 valence electrons. The molecule has 2 N–H and O–H groups in total. The van der Waals surface area contributed by atoms with Crippen LogP contribution in [0.4, 0.5) is 0 Å². The summed E-state index contributed by atoms with van der Waals surface area (Å²) in [5.74, 6) is 0.681. The van der Waals surface area contributed by atoms with Crippen LogP contribution in [0.1, 0.15) is 11.3 Å². The zero-order valence-corrected chi connectivity index (χ0v) is 11.5. The van der Waals surface area contributed by atoms with Crippen LogP contribution in [0.5, 0.6) is 5.75 Å². The molecule has 0 aliphatic rings. The van der Waals surface area contributed by atoms with Gasteiger partial charge in [-0.15, -0.1) is 0 Å². The maximum Gasteiger partial charge on any atom is 0.144 e. The van der Waals surface area contributed by atoms with Crippen LogP contribution in [0, 0.1) is 6.92 Å². The van der Waals surface area contributed by atoms with Gasteiger partial charge in [0.05, 0.1) is 24.6 Å². The van der Waals surface area contributed by atoms with Gasteiger partial charge in [-0.05, 0) is 25.1 Å². The van der Waals surface area contributed by atoms with Crippen molar-refractivity contribution in [3.63, 3.8) is 0 Å². The quantitative estimate of drug-likeness (QED) is 0.878. The van der Waals surface area contributed by atoms with Crippen molar-refractivity contribution in [3.05, 3.63) is 40.7 Å². The van der Waals surface area contributed by atoms with Gasteiger partial charge in [-0.1, -0.05) is 23.8 Å². The average Bonchev–Trinajstić information content (AvgIpc) is 2.71. The van der Waals surface area contributed by atoms with Crippen molar-refractivity contribution in [3.8, 4) is 11.4 Å². The van der Waals surface area contributed by atoms with Gasteiger partial charge in [0, 0.05) is 5.02 Å². The third-order valence-electron chi connectivity index (χ3n) is 2.64. The molecule has 0 spiro atoms. The zero-order valence-electron chi connectivity index (χ0n) is 9.98. The number of ether oxygens (including phenoxy) is 1. The number of hydrogen-bond acceptors (Lipinski definition) is 3. The fourth-order valence-corrected chi connectivity index (χ4v) is 2.09. The maximum absolute atomic E-state index is 6.00. The Bertz CT molecular complexity index is 609. The summed E-state index contributed by atoms with van der Waals surface area (Å²) in [5, 5.41) is 4.88. The van der Waals surface area contributed by atoms with Crippen LogP contribution in [-0.2, 0) is 0 Å². The van der Waals surface area contributed by atoms with Crippen molar-refractivity contribution >= 4 is 28.8 Å². The Morgan fingerprint density at radius 1 is 1.50 bits per heavy atom. The average molecular weight is 282 g/mol. The highest BCUT2D eigenvalue weighted by atomic mass is 35.5. The first-order valence-electron chi connectivity index (χ1n) is 5.23. The van der Waals surface area contributed by atoms with E-state index in [9.17, 15) is 0 Å². The summed E-state index contributed by atoms with van der Waals surface area (Å²) >= 11 is 11.0. The molecular weight excluding hydrogens is 270 g/mol. The maximum atomic E-state index is 6.00. The first-order chi connectivity index (χ1) is 8.54. The van der Waals surface area contributed by atoms with Gasteiger partial charge in [-0.25, -0.2) is 4.68 Å². The van der Waals surface area contributed by atoms with Gasteiger partial charge in [0.25, 0.3) is 0 Å². The van der Waals surface area contributed by atoms with E-state index in [1.807, 2.05) is 6.92 Å². The van der Waals surface area contributed by atoms with Crippen molar-refractivity contribution in [1.29, 1.82) is 0 Å². The second-order valence-corrected chi connectivity index (χ2v) is 4.61. The fourth-order valence-electron chi connectivity index (χ4n) is 1.72. The highest BCUT2D eigenvalue weighted by molar-refractivity contribution is 7.80. The zero-order chi connectivity index (χ0) is 13.3. The van der Waals surface area contributed by atoms with E-state index < -0.39 is 0 Å². The van der Waals surface area contributed by atoms with E-state index in [0.717, 1.165) is 16.9 Å². The first kappa shape index (κ1) is 12.9. The summed E-state index contributed by atoms with van der Waals surface area (Å²) in [6.45, 7) is 1.89. The number of nitrogens with two attached hydrogens (primary N) is 1. The molecule has 0 saturated heterocycles. The molecule has 4 nitrogen and oxygen atoms in total. The SMILES string of the molecule is COc1ccc(Cl)cc1-n1ncc(C(N)=S)c1C. The van der Waals surface area contributed by atoms with Crippen molar-refractivity contribution in [2.75, 3.05) is 7.11 Å². The molecule has 6 heteroatoms. The number of aromatic nitrogens is 2. The molecule has 0 bridgehead atoms. The van der Waals surface area contributed by atoms with E-state index >= 15 is 0 Å². The van der Waals surface area contributed by atoms with Crippen LogP contribution in [0.3, 0.4) is 0 Å². The van der Waals surface area contributed by atoms with Crippen LogP contribution in [0.2, 0.25) is 5.02 Å². The monoisotopic (exact) mass is 281 g/mol. The van der Waals surface area contributed by atoms with Gasteiger partial charge in [0.1, 0.15) is 16.4 Å². The van der Waals surface area contributed by atoms with Gasteiger partial charge in [0.15, 0.2) is 0 Å². The van der Waals surface area contributed by atoms with Crippen molar-refractivity contribution < 1.29 is 4.74 Å². The normalized spacial score (nSPS) is 10.4. The Morgan fingerprint density at radius 3 is 2.78 bits per heavy atom. The molecule has 0 unspecified atom stereocenters. The first-order valence-corrected chi connectivity index (χ1v) is 6.01. The fraction of sp³-hybridized carbons (Fsp3) is 0.167. The molecule has 0 aliphatic heterocycles. The number of benzene rings is 1. The lowest BCUT2D eigenvalue weighted by molar-refractivity contribution is 0.411. The van der Waals surface area contributed by atoms with E-state index in [4.69, 9.17) is 34.3 Å². The lowest BCUT2D eigenvalue weighted by Crippen LogP contribution is -2.11. The van der Waals surface area contributed by atoms with E-state index in [1.165, 1.54) is 0 Å². The molecule has 0 saturated carbocycles. The third-order valence-corrected chi connectivity index (χ3v) is 3.10. The van der Waals surface area contributed by atoms with E-state index in [-0.39, 0.29) is 0 Å². The van der Waals surface area contributed by atoms with Crippen LogP contribution < -0.4 is 10.5 Å². The predicted molar refractivity (Wildman–Crippen MR) is 75.8 cm³/mol.